The van der Waals surface area contributed by atoms with Crippen LogP contribution in [0.3, 0.4) is 0 Å². The number of hydrogen-bond acceptors (Lipinski definition) is 3. The van der Waals surface area contributed by atoms with E-state index >= 15 is 0 Å². The van der Waals surface area contributed by atoms with Crippen molar-refractivity contribution in [3.8, 4) is 11.3 Å². The Kier molecular flexibility index (Phi) is 5.40. The van der Waals surface area contributed by atoms with E-state index in [2.05, 4.69) is 4.98 Å². The summed E-state index contributed by atoms with van der Waals surface area (Å²) in [7, 11) is 0. The summed E-state index contributed by atoms with van der Waals surface area (Å²) in [5.74, 6) is 0.458. The van der Waals surface area contributed by atoms with E-state index in [1.54, 1.807) is 0 Å². The topological polar surface area (TPSA) is 65.3 Å². The standard InChI is InChI=1S/C18H16N4O.2ClH/c1-2-22-14-8-4-3-7-12(14)17(23)16(18(22)19)13-11-21-10-6-5-9-15(21)20-13;;/h3-11H,2,19H2,1H3;2*1H. The molecule has 0 atom stereocenters. The van der Waals surface area contributed by atoms with Crippen LogP contribution in [0.4, 0.5) is 5.82 Å². The van der Waals surface area contributed by atoms with Crippen molar-refractivity contribution in [3.05, 3.63) is 65.1 Å². The van der Waals surface area contributed by atoms with Crippen molar-refractivity contribution in [3.63, 3.8) is 0 Å². The molecule has 0 amide bonds. The summed E-state index contributed by atoms with van der Waals surface area (Å²) in [6, 6.07) is 13.3. The van der Waals surface area contributed by atoms with E-state index in [0.29, 0.717) is 29.0 Å². The molecule has 5 nitrogen and oxygen atoms in total. The zero-order chi connectivity index (χ0) is 16.0. The van der Waals surface area contributed by atoms with Gasteiger partial charge in [0, 0.05) is 24.3 Å². The lowest BCUT2D eigenvalue weighted by Gasteiger charge is -2.15. The minimum Gasteiger partial charge on any atom is -0.384 e. The lowest BCUT2D eigenvalue weighted by atomic mass is 10.1. The van der Waals surface area contributed by atoms with Gasteiger partial charge >= 0.3 is 0 Å². The van der Waals surface area contributed by atoms with E-state index in [-0.39, 0.29) is 30.2 Å². The summed E-state index contributed by atoms with van der Waals surface area (Å²) in [5.41, 5.74) is 8.96. The Hall–Kier alpha value is -2.50. The summed E-state index contributed by atoms with van der Waals surface area (Å²) in [4.78, 5) is 17.5. The van der Waals surface area contributed by atoms with Crippen molar-refractivity contribution in [1.82, 2.24) is 14.0 Å². The van der Waals surface area contributed by atoms with Crippen molar-refractivity contribution in [1.29, 1.82) is 0 Å². The molecule has 0 radical (unpaired) electrons. The van der Waals surface area contributed by atoms with Crippen molar-refractivity contribution in [2.45, 2.75) is 13.5 Å². The molecule has 3 heterocycles. The number of nitrogens with zero attached hydrogens (tertiary/aromatic N) is 3. The van der Waals surface area contributed by atoms with Gasteiger partial charge in [-0.3, -0.25) is 4.79 Å². The van der Waals surface area contributed by atoms with Crippen LogP contribution in [0.1, 0.15) is 6.92 Å². The fraction of sp³-hybridized carbons (Fsp3) is 0.111. The highest BCUT2D eigenvalue weighted by atomic mass is 35.5. The fourth-order valence-electron chi connectivity index (χ4n) is 3.06. The molecule has 0 spiro atoms. The Morgan fingerprint density at radius 2 is 1.80 bits per heavy atom. The van der Waals surface area contributed by atoms with Crippen molar-refractivity contribution in [2.24, 2.45) is 0 Å². The second-order valence-corrected chi connectivity index (χ2v) is 5.44. The molecule has 0 bridgehead atoms. The predicted octanol–water partition coefficient (Wildman–Crippen LogP) is 3.76. The molecule has 0 saturated heterocycles. The van der Waals surface area contributed by atoms with Crippen LogP contribution in [0.15, 0.2) is 59.7 Å². The maximum absolute atomic E-state index is 13.0. The van der Waals surface area contributed by atoms with Gasteiger partial charge in [0.15, 0.2) is 0 Å². The van der Waals surface area contributed by atoms with Gasteiger partial charge in [0.1, 0.15) is 11.5 Å². The van der Waals surface area contributed by atoms with Gasteiger partial charge in [-0.25, -0.2) is 4.98 Å². The van der Waals surface area contributed by atoms with E-state index in [1.807, 2.05) is 70.7 Å². The molecule has 0 unspecified atom stereocenters. The molecular formula is C18H18Cl2N4O. The number of hydrogen-bond donors (Lipinski definition) is 1. The maximum atomic E-state index is 13.0. The third-order valence-corrected chi connectivity index (χ3v) is 4.15. The lowest BCUT2D eigenvalue weighted by molar-refractivity contribution is 0.800. The minimum absolute atomic E-state index is 0. The second-order valence-electron chi connectivity index (χ2n) is 5.44. The first-order chi connectivity index (χ1) is 11.2. The molecule has 0 fully saturated rings. The number of rotatable bonds is 2. The Morgan fingerprint density at radius 3 is 2.52 bits per heavy atom. The van der Waals surface area contributed by atoms with Crippen LogP contribution in [0.5, 0.6) is 0 Å². The number of anilines is 1. The molecular weight excluding hydrogens is 359 g/mol. The molecule has 4 aromatic rings. The molecule has 0 aliphatic rings. The number of nitrogen functional groups attached to an aromatic ring is 1. The smallest absolute Gasteiger partial charge is 0.201 e. The van der Waals surface area contributed by atoms with Crippen LogP contribution in [0.2, 0.25) is 0 Å². The van der Waals surface area contributed by atoms with Gasteiger partial charge in [-0.15, -0.1) is 24.8 Å². The first-order valence-corrected chi connectivity index (χ1v) is 7.56. The monoisotopic (exact) mass is 376 g/mol. The highest BCUT2D eigenvalue weighted by Crippen LogP contribution is 2.26. The van der Waals surface area contributed by atoms with Crippen LogP contribution in [0, 0.1) is 0 Å². The van der Waals surface area contributed by atoms with Gasteiger partial charge in [0.05, 0.1) is 16.8 Å². The average Bonchev–Trinajstić information content (AvgIpc) is 2.99. The molecule has 0 saturated carbocycles. The molecule has 7 heteroatoms. The van der Waals surface area contributed by atoms with Gasteiger partial charge in [-0.05, 0) is 31.2 Å². The molecule has 4 rings (SSSR count). The molecule has 0 aliphatic heterocycles. The van der Waals surface area contributed by atoms with Crippen LogP contribution >= 0.6 is 24.8 Å². The van der Waals surface area contributed by atoms with Gasteiger partial charge in [-0.2, -0.15) is 0 Å². The first kappa shape index (κ1) is 18.8. The quantitative estimate of drug-likeness (QED) is 0.579. The van der Waals surface area contributed by atoms with Crippen LogP contribution in [-0.2, 0) is 6.54 Å². The van der Waals surface area contributed by atoms with Crippen molar-refractivity contribution in [2.75, 3.05) is 5.73 Å². The van der Waals surface area contributed by atoms with Gasteiger partial charge in [0.25, 0.3) is 0 Å². The number of para-hydroxylation sites is 1. The molecule has 2 N–H and O–H groups in total. The summed E-state index contributed by atoms with van der Waals surface area (Å²) in [6.45, 7) is 2.70. The zero-order valence-corrected chi connectivity index (χ0v) is 15.2. The fourth-order valence-corrected chi connectivity index (χ4v) is 3.06. The second kappa shape index (κ2) is 7.17. The largest absolute Gasteiger partial charge is 0.384 e. The summed E-state index contributed by atoms with van der Waals surface area (Å²) in [6.07, 6.45) is 3.75. The normalized spacial score (nSPS) is 10.4. The summed E-state index contributed by atoms with van der Waals surface area (Å²) in [5, 5.41) is 0.663. The third kappa shape index (κ3) is 2.86. The number of pyridine rings is 2. The number of halogens is 2. The molecule has 0 aliphatic carbocycles. The number of aromatic nitrogens is 3. The minimum atomic E-state index is -0.0776. The zero-order valence-electron chi connectivity index (χ0n) is 13.5. The molecule has 1 aromatic carbocycles. The molecule has 130 valence electrons. The van der Waals surface area contributed by atoms with Crippen LogP contribution in [0.25, 0.3) is 27.8 Å². The first-order valence-electron chi connectivity index (χ1n) is 7.56. The average molecular weight is 377 g/mol. The Bertz CT molecular complexity index is 1070. The number of nitrogens with two attached hydrogens (primary N) is 1. The van der Waals surface area contributed by atoms with Crippen molar-refractivity contribution >= 4 is 47.2 Å². The Balaban J connectivity index is 0.00000113. The van der Waals surface area contributed by atoms with E-state index < -0.39 is 0 Å². The maximum Gasteiger partial charge on any atom is 0.201 e. The Labute approximate surface area is 156 Å². The number of fused-ring (bicyclic) bond motifs is 2. The number of aryl methyl sites for hydroxylation is 1. The molecule has 3 aromatic heterocycles. The summed E-state index contributed by atoms with van der Waals surface area (Å²) < 4.78 is 3.84. The van der Waals surface area contributed by atoms with Gasteiger partial charge in [0.2, 0.25) is 5.43 Å². The van der Waals surface area contributed by atoms with E-state index in [9.17, 15) is 4.79 Å². The van der Waals surface area contributed by atoms with E-state index in [4.69, 9.17) is 5.73 Å². The van der Waals surface area contributed by atoms with Gasteiger partial charge in [-0.1, -0.05) is 18.2 Å². The molecule has 25 heavy (non-hydrogen) atoms. The highest BCUT2D eigenvalue weighted by Gasteiger charge is 2.17. The SMILES string of the molecule is CCn1c(N)c(-c2cn3ccccc3n2)c(=O)c2ccccc21.Cl.Cl. The van der Waals surface area contributed by atoms with E-state index in [0.717, 1.165) is 11.2 Å². The van der Waals surface area contributed by atoms with Crippen LogP contribution < -0.4 is 11.2 Å². The van der Waals surface area contributed by atoms with Gasteiger partial charge < -0.3 is 14.7 Å². The van der Waals surface area contributed by atoms with Crippen molar-refractivity contribution < 1.29 is 0 Å². The number of benzene rings is 1. The van der Waals surface area contributed by atoms with Crippen LogP contribution in [-0.4, -0.2) is 14.0 Å². The highest BCUT2D eigenvalue weighted by molar-refractivity contribution is 5.89. The third-order valence-electron chi connectivity index (χ3n) is 4.15. The Morgan fingerprint density at radius 1 is 1.08 bits per heavy atom. The number of imidazole rings is 1. The van der Waals surface area contributed by atoms with E-state index in [1.165, 1.54) is 0 Å². The summed E-state index contributed by atoms with van der Waals surface area (Å²) >= 11 is 0. The predicted molar refractivity (Wildman–Crippen MR) is 107 cm³/mol. The lowest BCUT2D eigenvalue weighted by Crippen LogP contribution is -2.17.